The molecule has 0 aliphatic rings. The number of ether oxygens (including phenoxy) is 1. The molecule has 0 amide bonds. The molecule has 0 aliphatic carbocycles. The third-order valence-corrected chi connectivity index (χ3v) is 3.04. The van der Waals surface area contributed by atoms with E-state index >= 15 is 0 Å². The molecule has 0 aromatic heterocycles. The minimum absolute atomic E-state index is 0.141. The average molecular weight is 277 g/mol. The van der Waals surface area contributed by atoms with E-state index in [0.717, 1.165) is 37.6 Å². The second-order valence-corrected chi connectivity index (χ2v) is 4.69. The van der Waals surface area contributed by atoms with E-state index in [2.05, 4.69) is 29.5 Å². The van der Waals surface area contributed by atoms with Crippen LogP contribution in [0.1, 0.15) is 33.1 Å². The van der Waals surface area contributed by atoms with Gasteiger partial charge >= 0.3 is 0 Å². The molecular weight excluding hydrogens is 250 g/mol. The van der Waals surface area contributed by atoms with Crippen molar-refractivity contribution in [2.75, 3.05) is 20.1 Å². The number of hydrogen-bond donors (Lipinski definition) is 2. The van der Waals surface area contributed by atoms with Crippen LogP contribution in [0.25, 0.3) is 0 Å². The summed E-state index contributed by atoms with van der Waals surface area (Å²) in [6.07, 6.45) is 3.42. The van der Waals surface area contributed by atoms with Crippen LogP contribution >= 0.6 is 0 Å². The summed E-state index contributed by atoms with van der Waals surface area (Å²) in [6.45, 7) is 6.00. The molecule has 1 unspecified atom stereocenters. The normalized spacial score (nSPS) is 12.8. The van der Waals surface area contributed by atoms with E-state index in [0.29, 0.717) is 0 Å². The smallest absolute Gasteiger partial charge is 0.191 e. The number of hydrogen-bond acceptors (Lipinski definition) is 2. The Kier molecular flexibility index (Phi) is 8.27. The number of nitrogens with one attached hydrogen (secondary N) is 2. The zero-order valence-corrected chi connectivity index (χ0v) is 12.9. The quantitative estimate of drug-likeness (QED) is 0.436. The van der Waals surface area contributed by atoms with Gasteiger partial charge in [0.05, 0.1) is 6.54 Å². The summed E-state index contributed by atoms with van der Waals surface area (Å²) in [4.78, 5) is 4.21. The lowest BCUT2D eigenvalue weighted by atomic mass is 10.2. The summed E-state index contributed by atoms with van der Waals surface area (Å²) in [5.41, 5.74) is 0. The molecular formula is C16H27N3O. The van der Waals surface area contributed by atoms with Crippen molar-refractivity contribution >= 4 is 5.96 Å². The van der Waals surface area contributed by atoms with Gasteiger partial charge in [-0.15, -0.1) is 0 Å². The third-order valence-electron chi connectivity index (χ3n) is 3.04. The van der Waals surface area contributed by atoms with Gasteiger partial charge in [-0.25, -0.2) is 0 Å². The van der Waals surface area contributed by atoms with E-state index in [1.165, 1.54) is 6.42 Å². The van der Waals surface area contributed by atoms with Crippen molar-refractivity contribution in [2.45, 2.75) is 39.2 Å². The first-order valence-electron chi connectivity index (χ1n) is 7.46. The van der Waals surface area contributed by atoms with Gasteiger partial charge in [0.1, 0.15) is 11.9 Å². The van der Waals surface area contributed by atoms with Gasteiger partial charge in [-0.3, -0.25) is 4.99 Å². The molecule has 1 aromatic carbocycles. The molecule has 0 radical (unpaired) electrons. The Morgan fingerprint density at radius 1 is 1.20 bits per heavy atom. The number of guanidine groups is 1. The lowest BCUT2D eigenvalue weighted by Crippen LogP contribution is -2.42. The van der Waals surface area contributed by atoms with E-state index in [4.69, 9.17) is 4.74 Å². The first-order valence-corrected chi connectivity index (χ1v) is 7.46. The second kappa shape index (κ2) is 10.1. The minimum Gasteiger partial charge on any atom is -0.489 e. The molecule has 0 spiro atoms. The lowest BCUT2D eigenvalue weighted by molar-refractivity contribution is 0.199. The molecule has 1 atom stereocenters. The summed E-state index contributed by atoms with van der Waals surface area (Å²) in [6, 6.07) is 9.93. The molecule has 112 valence electrons. The minimum atomic E-state index is 0.141. The predicted molar refractivity (Wildman–Crippen MR) is 85.4 cm³/mol. The first kappa shape index (κ1) is 16.3. The highest BCUT2D eigenvalue weighted by molar-refractivity contribution is 5.79. The second-order valence-electron chi connectivity index (χ2n) is 4.69. The Balaban J connectivity index is 2.36. The maximum atomic E-state index is 5.94. The maximum Gasteiger partial charge on any atom is 0.191 e. The van der Waals surface area contributed by atoms with Crippen LogP contribution in [-0.4, -0.2) is 32.2 Å². The summed E-state index contributed by atoms with van der Waals surface area (Å²) < 4.78 is 5.94. The third kappa shape index (κ3) is 6.45. The Bertz CT molecular complexity index is 379. The van der Waals surface area contributed by atoms with Gasteiger partial charge in [0.25, 0.3) is 0 Å². The van der Waals surface area contributed by atoms with Gasteiger partial charge in [0.15, 0.2) is 5.96 Å². The van der Waals surface area contributed by atoms with Gasteiger partial charge < -0.3 is 15.4 Å². The van der Waals surface area contributed by atoms with Crippen LogP contribution in [0.5, 0.6) is 5.75 Å². The molecule has 0 fully saturated rings. The van der Waals surface area contributed by atoms with Crippen molar-refractivity contribution in [3.05, 3.63) is 30.3 Å². The number of nitrogens with zero attached hydrogens (tertiary/aromatic N) is 1. The fraction of sp³-hybridized carbons (Fsp3) is 0.562. The van der Waals surface area contributed by atoms with Crippen molar-refractivity contribution < 1.29 is 4.74 Å². The highest BCUT2D eigenvalue weighted by atomic mass is 16.5. The van der Waals surface area contributed by atoms with E-state index in [9.17, 15) is 0 Å². The Hall–Kier alpha value is -1.71. The van der Waals surface area contributed by atoms with Crippen molar-refractivity contribution in [1.29, 1.82) is 0 Å². The van der Waals surface area contributed by atoms with Crippen LogP contribution in [0.3, 0.4) is 0 Å². The number of benzene rings is 1. The number of unbranched alkanes of at least 4 members (excludes halogenated alkanes) is 1. The zero-order valence-electron chi connectivity index (χ0n) is 12.9. The molecule has 1 aromatic rings. The fourth-order valence-electron chi connectivity index (χ4n) is 1.78. The average Bonchev–Trinajstić information content (AvgIpc) is 2.50. The molecule has 4 heteroatoms. The van der Waals surface area contributed by atoms with Crippen LogP contribution in [0.15, 0.2) is 35.3 Å². The van der Waals surface area contributed by atoms with E-state index < -0.39 is 0 Å². The topological polar surface area (TPSA) is 45.7 Å². The van der Waals surface area contributed by atoms with Gasteiger partial charge in [-0.05, 0) is 25.0 Å². The standard InChI is InChI=1S/C16H27N3O/c1-4-6-12-18-16(17-3)19-13-14(5-2)20-15-10-8-7-9-11-15/h7-11,14H,4-6,12-13H2,1-3H3,(H2,17,18,19). The van der Waals surface area contributed by atoms with Gasteiger partial charge in [-0.2, -0.15) is 0 Å². The van der Waals surface area contributed by atoms with Crippen LogP contribution in [0, 0.1) is 0 Å². The Morgan fingerprint density at radius 3 is 2.55 bits per heavy atom. The van der Waals surface area contributed by atoms with Crippen LogP contribution in [0.2, 0.25) is 0 Å². The van der Waals surface area contributed by atoms with E-state index in [1.54, 1.807) is 7.05 Å². The van der Waals surface area contributed by atoms with E-state index in [-0.39, 0.29) is 6.10 Å². The summed E-state index contributed by atoms with van der Waals surface area (Å²) in [7, 11) is 1.79. The molecule has 1 rings (SSSR count). The molecule has 2 N–H and O–H groups in total. The fourth-order valence-corrected chi connectivity index (χ4v) is 1.78. The van der Waals surface area contributed by atoms with Crippen molar-refractivity contribution in [3.63, 3.8) is 0 Å². The molecule has 0 heterocycles. The lowest BCUT2D eigenvalue weighted by Gasteiger charge is -2.19. The van der Waals surface area contributed by atoms with Gasteiger partial charge in [-0.1, -0.05) is 38.5 Å². The zero-order chi connectivity index (χ0) is 14.6. The number of rotatable bonds is 8. The molecule has 0 saturated heterocycles. The molecule has 0 aliphatic heterocycles. The van der Waals surface area contributed by atoms with Gasteiger partial charge in [0, 0.05) is 13.6 Å². The number of aliphatic imine (C=N–C) groups is 1. The summed E-state index contributed by atoms with van der Waals surface area (Å²) >= 11 is 0. The summed E-state index contributed by atoms with van der Waals surface area (Å²) in [5.74, 6) is 1.75. The maximum absolute atomic E-state index is 5.94. The van der Waals surface area contributed by atoms with Crippen molar-refractivity contribution in [2.24, 2.45) is 4.99 Å². The van der Waals surface area contributed by atoms with Crippen molar-refractivity contribution in [3.8, 4) is 5.75 Å². The monoisotopic (exact) mass is 277 g/mol. The Labute approximate surface area is 122 Å². The first-order chi connectivity index (χ1) is 9.80. The molecule has 20 heavy (non-hydrogen) atoms. The summed E-state index contributed by atoms with van der Waals surface area (Å²) in [5, 5.41) is 6.61. The predicted octanol–water partition coefficient (Wildman–Crippen LogP) is 2.81. The highest BCUT2D eigenvalue weighted by Crippen LogP contribution is 2.11. The van der Waals surface area contributed by atoms with Gasteiger partial charge in [0.2, 0.25) is 0 Å². The van der Waals surface area contributed by atoms with Crippen LogP contribution in [0.4, 0.5) is 0 Å². The SMILES string of the molecule is CCCCNC(=NC)NCC(CC)Oc1ccccc1. The molecule has 4 nitrogen and oxygen atoms in total. The van der Waals surface area contributed by atoms with Crippen molar-refractivity contribution in [1.82, 2.24) is 10.6 Å². The van der Waals surface area contributed by atoms with Crippen LogP contribution < -0.4 is 15.4 Å². The molecule has 0 saturated carbocycles. The largest absolute Gasteiger partial charge is 0.489 e. The number of para-hydroxylation sites is 1. The molecule has 0 bridgehead atoms. The highest BCUT2D eigenvalue weighted by Gasteiger charge is 2.08. The Morgan fingerprint density at radius 2 is 1.95 bits per heavy atom. The van der Waals surface area contributed by atoms with Crippen LogP contribution in [-0.2, 0) is 0 Å². The van der Waals surface area contributed by atoms with E-state index in [1.807, 2.05) is 30.3 Å².